The highest BCUT2D eigenvalue weighted by molar-refractivity contribution is 4.86. The molecule has 88 valence electrons. The van der Waals surface area contributed by atoms with Crippen LogP contribution in [0.15, 0.2) is 0 Å². The molecule has 2 rings (SSSR count). The number of nitrogens with one attached hydrogen (secondary N) is 1. The molecule has 3 heteroatoms. The highest BCUT2D eigenvalue weighted by atomic mass is 16.5. The van der Waals surface area contributed by atoms with E-state index in [-0.39, 0.29) is 0 Å². The minimum Gasteiger partial charge on any atom is -0.389 e. The third-order valence-corrected chi connectivity index (χ3v) is 3.74. The van der Waals surface area contributed by atoms with Crippen molar-refractivity contribution in [1.82, 2.24) is 5.32 Å². The molecular formula is C12H23NO2. The SMILES string of the molecule is OC1(CNCCC2CCOC2)CCCC1. The van der Waals surface area contributed by atoms with E-state index >= 15 is 0 Å². The lowest BCUT2D eigenvalue weighted by atomic mass is 10.0. The van der Waals surface area contributed by atoms with Gasteiger partial charge in [0.2, 0.25) is 0 Å². The standard InChI is InChI=1S/C12H23NO2/c14-12(5-1-2-6-12)10-13-7-3-11-4-8-15-9-11/h11,13-14H,1-10H2. The van der Waals surface area contributed by atoms with E-state index in [0.717, 1.165) is 45.1 Å². The summed E-state index contributed by atoms with van der Waals surface area (Å²) in [5.41, 5.74) is -0.397. The molecule has 0 amide bonds. The summed E-state index contributed by atoms with van der Waals surface area (Å²) < 4.78 is 5.33. The predicted molar refractivity (Wildman–Crippen MR) is 59.8 cm³/mol. The minimum atomic E-state index is -0.397. The molecule has 0 aromatic rings. The quantitative estimate of drug-likeness (QED) is 0.677. The van der Waals surface area contributed by atoms with E-state index in [1.165, 1.54) is 25.7 Å². The van der Waals surface area contributed by atoms with Gasteiger partial charge in [-0.3, -0.25) is 0 Å². The second kappa shape index (κ2) is 5.28. The van der Waals surface area contributed by atoms with Gasteiger partial charge in [-0.25, -0.2) is 0 Å². The van der Waals surface area contributed by atoms with Crippen LogP contribution in [0.3, 0.4) is 0 Å². The van der Waals surface area contributed by atoms with E-state index in [2.05, 4.69) is 5.32 Å². The summed E-state index contributed by atoms with van der Waals surface area (Å²) in [5, 5.41) is 13.5. The molecule has 0 spiro atoms. The summed E-state index contributed by atoms with van der Waals surface area (Å²) in [4.78, 5) is 0. The third kappa shape index (κ3) is 3.44. The maximum atomic E-state index is 10.1. The Hall–Kier alpha value is -0.120. The summed E-state index contributed by atoms with van der Waals surface area (Å²) in [6, 6.07) is 0. The van der Waals surface area contributed by atoms with Gasteiger partial charge in [0.25, 0.3) is 0 Å². The Kier molecular flexibility index (Phi) is 4.00. The van der Waals surface area contributed by atoms with Crippen LogP contribution >= 0.6 is 0 Å². The molecule has 0 bridgehead atoms. The van der Waals surface area contributed by atoms with Gasteiger partial charge in [0, 0.05) is 19.8 Å². The number of ether oxygens (including phenoxy) is 1. The van der Waals surface area contributed by atoms with E-state index in [0.29, 0.717) is 0 Å². The van der Waals surface area contributed by atoms with E-state index < -0.39 is 5.60 Å². The lowest BCUT2D eigenvalue weighted by molar-refractivity contribution is 0.0475. The maximum Gasteiger partial charge on any atom is 0.0771 e. The smallest absolute Gasteiger partial charge is 0.0771 e. The van der Waals surface area contributed by atoms with Crippen LogP contribution in [0.5, 0.6) is 0 Å². The largest absolute Gasteiger partial charge is 0.389 e. The Bertz CT molecular complexity index is 184. The van der Waals surface area contributed by atoms with Gasteiger partial charge in [-0.2, -0.15) is 0 Å². The maximum absolute atomic E-state index is 10.1. The van der Waals surface area contributed by atoms with Crippen molar-refractivity contribution in [3.63, 3.8) is 0 Å². The second-order valence-electron chi connectivity index (χ2n) is 5.13. The van der Waals surface area contributed by atoms with Crippen molar-refractivity contribution in [3.8, 4) is 0 Å². The van der Waals surface area contributed by atoms with Crippen molar-refractivity contribution in [2.24, 2.45) is 5.92 Å². The van der Waals surface area contributed by atoms with E-state index in [4.69, 9.17) is 4.74 Å². The van der Waals surface area contributed by atoms with Crippen LogP contribution in [0.2, 0.25) is 0 Å². The highest BCUT2D eigenvalue weighted by Crippen LogP contribution is 2.28. The van der Waals surface area contributed by atoms with Crippen molar-refractivity contribution in [3.05, 3.63) is 0 Å². The molecule has 2 fully saturated rings. The Balaban J connectivity index is 1.54. The van der Waals surface area contributed by atoms with Crippen molar-refractivity contribution < 1.29 is 9.84 Å². The molecule has 15 heavy (non-hydrogen) atoms. The zero-order valence-corrected chi connectivity index (χ0v) is 9.50. The average Bonchev–Trinajstić information content (AvgIpc) is 2.84. The molecule has 0 aromatic heterocycles. The zero-order chi connectivity index (χ0) is 10.6. The van der Waals surface area contributed by atoms with Gasteiger partial charge in [0.1, 0.15) is 0 Å². The molecule has 2 aliphatic rings. The van der Waals surface area contributed by atoms with Crippen LogP contribution in [0, 0.1) is 5.92 Å². The van der Waals surface area contributed by atoms with Crippen LogP contribution in [-0.4, -0.2) is 37.0 Å². The molecule has 2 N–H and O–H groups in total. The lowest BCUT2D eigenvalue weighted by Crippen LogP contribution is -2.38. The van der Waals surface area contributed by atoms with E-state index in [1.807, 2.05) is 0 Å². The molecule has 1 heterocycles. The molecular weight excluding hydrogens is 190 g/mol. The Morgan fingerprint density at radius 2 is 2.13 bits per heavy atom. The van der Waals surface area contributed by atoms with Crippen molar-refractivity contribution >= 4 is 0 Å². The number of hydrogen-bond acceptors (Lipinski definition) is 3. The molecule has 0 radical (unpaired) electrons. The average molecular weight is 213 g/mol. The summed E-state index contributed by atoms with van der Waals surface area (Å²) in [7, 11) is 0. The first-order valence-electron chi connectivity index (χ1n) is 6.29. The van der Waals surface area contributed by atoms with Gasteiger partial charge < -0.3 is 15.2 Å². The first kappa shape index (κ1) is 11.4. The van der Waals surface area contributed by atoms with Gasteiger partial charge in [-0.1, -0.05) is 12.8 Å². The fourth-order valence-electron chi connectivity index (χ4n) is 2.65. The summed E-state index contributed by atoms with van der Waals surface area (Å²) in [6.45, 7) is 3.68. The molecule has 1 unspecified atom stereocenters. The van der Waals surface area contributed by atoms with E-state index in [9.17, 15) is 5.11 Å². The molecule has 1 saturated heterocycles. The van der Waals surface area contributed by atoms with Crippen LogP contribution in [0.4, 0.5) is 0 Å². The van der Waals surface area contributed by atoms with Crippen LogP contribution < -0.4 is 5.32 Å². The minimum absolute atomic E-state index is 0.397. The van der Waals surface area contributed by atoms with Crippen molar-refractivity contribution in [2.45, 2.75) is 44.1 Å². The zero-order valence-electron chi connectivity index (χ0n) is 9.50. The second-order valence-corrected chi connectivity index (χ2v) is 5.13. The van der Waals surface area contributed by atoms with Gasteiger partial charge >= 0.3 is 0 Å². The Labute approximate surface area is 92.2 Å². The highest BCUT2D eigenvalue weighted by Gasteiger charge is 2.30. The molecule has 1 saturated carbocycles. The predicted octanol–water partition coefficient (Wildman–Crippen LogP) is 1.31. The van der Waals surface area contributed by atoms with Gasteiger partial charge in [0.15, 0.2) is 0 Å². The third-order valence-electron chi connectivity index (χ3n) is 3.74. The molecule has 1 aliphatic heterocycles. The molecule has 1 atom stereocenters. The fraction of sp³-hybridized carbons (Fsp3) is 1.00. The van der Waals surface area contributed by atoms with Crippen LogP contribution in [-0.2, 0) is 4.74 Å². The lowest BCUT2D eigenvalue weighted by Gasteiger charge is -2.22. The number of rotatable bonds is 5. The number of hydrogen-bond donors (Lipinski definition) is 2. The van der Waals surface area contributed by atoms with Crippen molar-refractivity contribution in [2.75, 3.05) is 26.3 Å². The van der Waals surface area contributed by atoms with Crippen LogP contribution in [0.25, 0.3) is 0 Å². The molecule has 3 nitrogen and oxygen atoms in total. The van der Waals surface area contributed by atoms with E-state index in [1.54, 1.807) is 0 Å². The molecule has 0 aromatic carbocycles. The monoisotopic (exact) mass is 213 g/mol. The topological polar surface area (TPSA) is 41.5 Å². The Morgan fingerprint density at radius 1 is 1.33 bits per heavy atom. The summed E-state index contributed by atoms with van der Waals surface area (Å²) in [6.07, 6.45) is 6.74. The number of aliphatic hydroxyl groups is 1. The first-order chi connectivity index (χ1) is 7.29. The van der Waals surface area contributed by atoms with Gasteiger partial charge in [0.05, 0.1) is 5.60 Å². The first-order valence-corrected chi connectivity index (χ1v) is 6.29. The normalized spacial score (nSPS) is 29.8. The van der Waals surface area contributed by atoms with Gasteiger partial charge in [-0.05, 0) is 38.1 Å². The van der Waals surface area contributed by atoms with Gasteiger partial charge in [-0.15, -0.1) is 0 Å². The fourth-order valence-corrected chi connectivity index (χ4v) is 2.65. The Morgan fingerprint density at radius 3 is 2.80 bits per heavy atom. The summed E-state index contributed by atoms with van der Waals surface area (Å²) in [5.74, 6) is 0.746. The van der Waals surface area contributed by atoms with Crippen LogP contribution in [0.1, 0.15) is 38.5 Å². The van der Waals surface area contributed by atoms with Crippen molar-refractivity contribution in [1.29, 1.82) is 0 Å². The molecule has 1 aliphatic carbocycles. The summed E-state index contributed by atoms with van der Waals surface area (Å²) >= 11 is 0.